The Morgan fingerprint density at radius 3 is 2.81 bits per heavy atom. The SMILES string of the molecule is CC(C)=CCC[C@H](C)N[C@@H]1C=C[C@H](CO)C1. The lowest BCUT2D eigenvalue weighted by molar-refractivity contribution is 0.244. The van der Waals surface area contributed by atoms with Crippen molar-refractivity contribution in [3.8, 4) is 0 Å². The maximum absolute atomic E-state index is 9.03. The summed E-state index contributed by atoms with van der Waals surface area (Å²) in [5.74, 6) is 0.363. The summed E-state index contributed by atoms with van der Waals surface area (Å²) in [5.41, 5.74) is 1.40. The van der Waals surface area contributed by atoms with Gasteiger partial charge in [0, 0.05) is 24.6 Å². The molecule has 0 saturated heterocycles. The zero-order chi connectivity index (χ0) is 12.0. The van der Waals surface area contributed by atoms with Crippen LogP contribution in [-0.2, 0) is 0 Å². The molecule has 1 aliphatic rings. The van der Waals surface area contributed by atoms with Gasteiger partial charge < -0.3 is 10.4 Å². The van der Waals surface area contributed by atoms with Gasteiger partial charge in [0.15, 0.2) is 0 Å². The largest absolute Gasteiger partial charge is 0.396 e. The van der Waals surface area contributed by atoms with Gasteiger partial charge in [-0.3, -0.25) is 0 Å². The molecule has 0 fully saturated rings. The molecule has 1 aliphatic carbocycles. The summed E-state index contributed by atoms with van der Waals surface area (Å²) in [4.78, 5) is 0. The van der Waals surface area contributed by atoms with Gasteiger partial charge in [-0.15, -0.1) is 0 Å². The van der Waals surface area contributed by atoms with Gasteiger partial charge >= 0.3 is 0 Å². The van der Waals surface area contributed by atoms with Crippen LogP contribution in [-0.4, -0.2) is 23.8 Å². The minimum absolute atomic E-state index is 0.279. The molecule has 0 aromatic carbocycles. The third kappa shape index (κ3) is 4.95. The van der Waals surface area contributed by atoms with E-state index in [0.717, 1.165) is 12.8 Å². The van der Waals surface area contributed by atoms with Gasteiger partial charge in [-0.05, 0) is 40.0 Å². The number of hydrogen-bond donors (Lipinski definition) is 2. The van der Waals surface area contributed by atoms with Crippen molar-refractivity contribution in [3.05, 3.63) is 23.8 Å². The number of rotatable bonds is 6. The summed E-state index contributed by atoms with van der Waals surface area (Å²) < 4.78 is 0. The van der Waals surface area contributed by atoms with Gasteiger partial charge in [0.2, 0.25) is 0 Å². The molecule has 2 nitrogen and oxygen atoms in total. The predicted octanol–water partition coefficient (Wildman–Crippen LogP) is 2.65. The number of nitrogens with one attached hydrogen (secondary N) is 1. The molecule has 0 radical (unpaired) electrons. The second-order valence-corrected chi connectivity index (χ2v) is 5.10. The van der Waals surface area contributed by atoms with Gasteiger partial charge in [0.1, 0.15) is 0 Å². The zero-order valence-electron chi connectivity index (χ0n) is 10.7. The van der Waals surface area contributed by atoms with E-state index in [0.29, 0.717) is 18.0 Å². The summed E-state index contributed by atoms with van der Waals surface area (Å²) in [6.45, 7) is 6.80. The van der Waals surface area contributed by atoms with Crippen LogP contribution in [0.3, 0.4) is 0 Å². The lowest BCUT2D eigenvalue weighted by Gasteiger charge is -2.18. The highest BCUT2D eigenvalue weighted by Crippen LogP contribution is 2.18. The van der Waals surface area contributed by atoms with E-state index in [4.69, 9.17) is 5.11 Å². The van der Waals surface area contributed by atoms with Crippen LogP contribution in [0.5, 0.6) is 0 Å². The van der Waals surface area contributed by atoms with E-state index in [-0.39, 0.29) is 6.61 Å². The third-order valence-corrected chi connectivity index (χ3v) is 3.06. The number of allylic oxidation sites excluding steroid dienone is 2. The average Bonchev–Trinajstić information content (AvgIpc) is 2.65. The lowest BCUT2D eigenvalue weighted by atomic mass is 10.1. The van der Waals surface area contributed by atoms with Gasteiger partial charge in [-0.2, -0.15) is 0 Å². The molecule has 2 N–H and O–H groups in total. The van der Waals surface area contributed by atoms with E-state index in [1.165, 1.54) is 12.0 Å². The van der Waals surface area contributed by atoms with E-state index < -0.39 is 0 Å². The highest BCUT2D eigenvalue weighted by molar-refractivity contribution is 5.06. The van der Waals surface area contributed by atoms with Crippen molar-refractivity contribution in [3.63, 3.8) is 0 Å². The second kappa shape index (κ2) is 6.87. The van der Waals surface area contributed by atoms with E-state index in [9.17, 15) is 0 Å². The predicted molar refractivity (Wildman–Crippen MR) is 69.4 cm³/mol. The van der Waals surface area contributed by atoms with Crippen molar-refractivity contribution >= 4 is 0 Å². The van der Waals surface area contributed by atoms with Crippen molar-refractivity contribution < 1.29 is 5.11 Å². The smallest absolute Gasteiger partial charge is 0.0494 e. The maximum atomic E-state index is 9.03. The standard InChI is InChI=1S/C14H25NO/c1-11(2)5-4-6-12(3)15-14-8-7-13(9-14)10-16/h5,7-8,12-16H,4,6,9-10H2,1-3H3/t12-,13-,14+/m0/s1. The van der Waals surface area contributed by atoms with Crippen LogP contribution in [0.2, 0.25) is 0 Å². The summed E-state index contributed by atoms with van der Waals surface area (Å²) in [6, 6.07) is 1.00. The second-order valence-electron chi connectivity index (χ2n) is 5.10. The fourth-order valence-electron chi connectivity index (χ4n) is 2.10. The summed E-state index contributed by atoms with van der Waals surface area (Å²) in [5, 5.41) is 12.6. The number of aliphatic hydroxyl groups excluding tert-OH is 1. The van der Waals surface area contributed by atoms with Gasteiger partial charge in [-0.25, -0.2) is 0 Å². The first-order chi connectivity index (χ1) is 7.61. The molecule has 1 rings (SSSR count). The van der Waals surface area contributed by atoms with Gasteiger partial charge in [0.25, 0.3) is 0 Å². The van der Waals surface area contributed by atoms with Crippen molar-refractivity contribution in [2.75, 3.05) is 6.61 Å². The minimum Gasteiger partial charge on any atom is -0.396 e. The van der Waals surface area contributed by atoms with Crippen LogP contribution in [0, 0.1) is 5.92 Å². The first-order valence-corrected chi connectivity index (χ1v) is 6.30. The van der Waals surface area contributed by atoms with Crippen LogP contribution in [0.25, 0.3) is 0 Å². The van der Waals surface area contributed by atoms with Crippen LogP contribution >= 0.6 is 0 Å². The molecule has 0 spiro atoms. The summed E-state index contributed by atoms with van der Waals surface area (Å²) >= 11 is 0. The molecule has 0 aliphatic heterocycles. The van der Waals surface area contributed by atoms with Crippen LogP contribution in [0.15, 0.2) is 23.8 Å². The Balaban J connectivity index is 2.18. The van der Waals surface area contributed by atoms with Crippen molar-refractivity contribution in [1.82, 2.24) is 5.32 Å². The molecule has 92 valence electrons. The first kappa shape index (κ1) is 13.5. The molecule has 0 amide bonds. The molecule has 3 atom stereocenters. The molecule has 0 heterocycles. The zero-order valence-corrected chi connectivity index (χ0v) is 10.7. The monoisotopic (exact) mass is 223 g/mol. The Kier molecular flexibility index (Phi) is 5.78. The quantitative estimate of drug-likeness (QED) is 0.679. The molecule has 16 heavy (non-hydrogen) atoms. The fourth-order valence-corrected chi connectivity index (χ4v) is 2.10. The Morgan fingerprint density at radius 2 is 2.25 bits per heavy atom. The Labute approximate surface area is 99.4 Å². The third-order valence-electron chi connectivity index (χ3n) is 3.06. The topological polar surface area (TPSA) is 32.3 Å². The van der Waals surface area contributed by atoms with Crippen LogP contribution in [0.4, 0.5) is 0 Å². The molecule has 0 aromatic rings. The maximum Gasteiger partial charge on any atom is 0.0494 e. The Bertz CT molecular complexity index is 253. The van der Waals surface area contributed by atoms with Crippen molar-refractivity contribution in [2.45, 2.75) is 52.1 Å². The van der Waals surface area contributed by atoms with E-state index in [1.807, 2.05) is 0 Å². The van der Waals surface area contributed by atoms with Crippen molar-refractivity contribution in [2.24, 2.45) is 5.92 Å². The van der Waals surface area contributed by atoms with Crippen molar-refractivity contribution in [1.29, 1.82) is 0 Å². The molecule has 0 bridgehead atoms. The summed E-state index contributed by atoms with van der Waals surface area (Å²) in [6.07, 6.45) is 9.98. The van der Waals surface area contributed by atoms with Crippen LogP contribution in [0.1, 0.15) is 40.0 Å². The Hall–Kier alpha value is -0.600. The first-order valence-electron chi connectivity index (χ1n) is 6.30. The molecular formula is C14H25NO. The minimum atomic E-state index is 0.279. The van der Waals surface area contributed by atoms with E-state index in [1.54, 1.807) is 0 Å². The molecule has 0 saturated carbocycles. The summed E-state index contributed by atoms with van der Waals surface area (Å²) in [7, 11) is 0. The van der Waals surface area contributed by atoms with Gasteiger partial charge in [-0.1, -0.05) is 23.8 Å². The fraction of sp³-hybridized carbons (Fsp3) is 0.714. The number of aliphatic hydroxyl groups is 1. The molecule has 2 heteroatoms. The highest BCUT2D eigenvalue weighted by Gasteiger charge is 2.18. The van der Waals surface area contributed by atoms with Gasteiger partial charge in [0.05, 0.1) is 0 Å². The molecule has 0 unspecified atom stereocenters. The van der Waals surface area contributed by atoms with E-state index in [2.05, 4.69) is 44.3 Å². The highest BCUT2D eigenvalue weighted by atomic mass is 16.3. The molecule has 0 aromatic heterocycles. The normalized spacial score (nSPS) is 25.8. The van der Waals surface area contributed by atoms with E-state index >= 15 is 0 Å². The Morgan fingerprint density at radius 1 is 1.50 bits per heavy atom. The number of hydrogen-bond acceptors (Lipinski definition) is 2. The van der Waals surface area contributed by atoms with Crippen LogP contribution < -0.4 is 5.32 Å². The molecular weight excluding hydrogens is 198 g/mol. The lowest BCUT2D eigenvalue weighted by Crippen LogP contribution is -2.34. The average molecular weight is 223 g/mol.